The summed E-state index contributed by atoms with van der Waals surface area (Å²) >= 11 is 0. The fourth-order valence-electron chi connectivity index (χ4n) is 4.88. The number of rotatable bonds is 6. The van der Waals surface area contributed by atoms with Gasteiger partial charge in [-0.2, -0.15) is 5.10 Å². The number of likely N-dealkylation sites (tertiary alicyclic amines) is 1. The molecule has 1 N–H and O–H groups in total. The quantitative estimate of drug-likeness (QED) is 0.685. The summed E-state index contributed by atoms with van der Waals surface area (Å²) in [5.74, 6) is 0.954. The van der Waals surface area contributed by atoms with Gasteiger partial charge in [0.05, 0.1) is 12.2 Å². The number of aromatic nitrogens is 3. The molecule has 5 rings (SSSR count). The summed E-state index contributed by atoms with van der Waals surface area (Å²) in [6.45, 7) is 3.47. The molecule has 3 aromatic rings. The average molecular weight is 404 g/mol. The van der Waals surface area contributed by atoms with Gasteiger partial charge in [0.15, 0.2) is 0 Å². The molecule has 0 radical (unpaired) electrons. The fraction of sp³-hybridized carbons (Fsp3) is 0.458. The van der Waals surface area contributed by atoms with Gasteiger partial charge in [-0.15, -0.1) is 0 Å². The molecule has 6 nitrogen and oxygen atoms in total. The number of nitrogens with zero attached hydrogens (tertiary/aromatic N) is 4. The molecule has 156 valence electrons. The minimum atomic E-state index is 0.0438. The summed E-state index contributed by atoms with van der Waals surface area (Å²) in [7, 11) is 0. The van der Waals surface area contributed by atoms with Crippen molar-refractivity contribution in [3.8, 4) is 0 Å². The Labute approximate surface area is 176 Å². The van der Waals surface area contributed by atoms with Crippen LogP contribution in [0.2, 0.25) is 0 Å². The van der Waals surface area contributed by atoms with Crippen molar-refractivity contribution in [3.05, 3.63) is 64.2 Å². The zero-order chi connectivity index (χ0) is 20.3. The lowest BCUT2D eigenvalue weighted by Gasteiger charge is -2.36. The normalized spacial score (nSPS) is 19.1. The highest BCUT2D eigenvalue weighted by Gasteiger charge is 2.23. The smallest absolute Gasteiger partial charge is 0.267 e. The predicted molar refractivity (Wildman–Crippen MR) is 120 cm³/mol. The summed E-state index contributed by atoms with van der Waals surface area (Å²) < 4.78 is 1.68. The molecule has 1 atom stereocenters. The monoisotopic (exact) mass is 403 g/mol. The lowest BCUT2D eigenvalue weighted by Crippen LogP contribution is -2.45. The van der Waals surface area contributed by atoms with Gasteiger partial charge in [-0.05, 0) is 55.7 Å². The number of hydrogen-bond donors (Lipinski definition) is 1. The second-order valence-electron chi connectivity index (χ2n) is 8.48. The Morgan fingerprint density at radius 1 is 1.07 bits per heavy atom. The molecule has 1 aliphatic carbocycles. The first-order valence-corrected chi connectivity index (χ1v) is 11.2. The Balaban J connectivity index is 1.25. The van der Waals surface area contributed by atoms with Crippen LogP contribution >= 0.6 is 0 Å². The van der Waals surface area contributed by atoms with Crippen molar-refractivity contribution in [2.45, 2.75) is 51.1 Å². The van der Waals surface area contributed by atoms with Gasteiger partial charge < -0.3 is 5.32 Å². The number of piperidine rings is 1. The van der Waals surface area contributed by atoms with E-state index in [1.165, 1.54) is 24.6 Å². The molecule has 1 unspecified atom stereocenters. The van der Waals surface area contributed by atoms with Gasteiger partial charge in [0.2, 0.25) is 0 Å². The van der Waals surface area contributed by atoms with Gasteiger partial charge in [0, 0.05) is 36.8 Å². The van der Waals surface area contributed by atoms with E-state index in [1.54, 1.807) is 10.7 Å². The number of hydrogen-bond acceptors (Lipinski definition) is 5. The molecule has 0 saturated carbocycles. The van der Waals surface area contributed by atoms with E-state index in [0.29, 0.717) is 12.6 Å². The number of nitrogens with one attached hydrogen (secondary N) is 1. The van der Waals surface area contributed by atoms with Gasteiger partial charge in [-0.25, -0.2) is 9.67 Å². The number of pyridine rings is 1. The highest BCUT2D eigenvalue weighted by atomic mass is 16.1. The van der Waals surface area contributed by atoms with Crippen molar-refractivity contribution in [1.82, 2.24) is 19.7 Å². The van der Waals surface area contributed by atoms with E-state index in [2.05, 4.69) is 50.6 Å². The maximum atomic E-state index is 12.4. The fourth-order valence-corrected chi connectivity index (χ4v) is 4.88. The maximum Gasteiger partial charge on any atom is 0.267 e. The van der Waals surface area contributed by atoms with Crippen LogP contribution in [0.4, 0.5) is 5.82 Å². The molecular formula is C24H29N5O. The van der Waals surface area contributed by atoms with E-state index in [1.807, 2.05) is 6.20 Å². The summed E-state index contributed by atoms with van der Waals surface area (Å²) in [6.07, 6.45) is 8.64. The minimum Gasteiger partial charge on any atom is -0.368 e. The summed E-state index contributed by atoms with van der Waals surface area (Å²) in [4.78, 5) is 19.5. The maximum absolute atomic E-state index is 12.4. The second-order valence-corrected chi connectivity index (χ2v) is 8.48. The number of benzene rings is 1. The van der Waals surface area contributed by atoms with E-state index >= 15 is 0 Å². The number of fused-ring (bicyclic) bond motifs is 2. The molecular weight excluding hydrogens is 374 g/mol. The van der Waals surface area contributed by atoms with Crippen LogP contribution < -0.4 is 10.9 Å². The molecule has 1 aliphatic heterocycles. The molecule has 1 fully saturated rings. The molecule has 1 saturated heterocycles. The van der Waals surface area contributed by atoms with E-state index in [9.17, 15) is 4.79 Å². The van der Waals surface area contributed by atoms with Crippen LogP contribution in [0.1, 0.15) is 36.9 Å². The van der Waals surface area contributed by atoms with E-state index < -0.39 is 0 Å². The molecule has 0 bridgehead atoms. The highest BCUT2D eigenvalue weighted by Crippen LogP contribution is 2.22. The topological polar surface area (TPSA) is 63.1 Å². The van der Waals surface area contributed by atoms with Gasteiger partial charge in [0.25, 0.3) is 5.56 Å². The molecule has 0 amide bonds. The van der Waals surface area contributed by atoms with Crippen LogP contribution in [-0.4, -0.2) is 45.3 Å². The SMILES string of the molecule is O=c1cc2c(nn1CCN1CCCCC1CNc1nccc3ccccc13)CCC2. The van der Waals surface area contributed by atoms with Crippen LogP contribution in [0.3, 0.4) is 0 Å². The van der Waals surface area contributed by atoms with Crippen LogP contribution in [-0.2, 0) is 19.4 Å². The lowest BCUT2D eigenvalue weighted by atomic mass is 10.0. The second kappa shape index (κ2) is 8.56. The van der Waals surface area contributed by atoms with Gasteiger partial charge >= 0.3 is 0 Å². The molecule has 3 heterocycles. The lowest BCUT2D eigenvalue weighted by molar-refractivity contribution is 0.148. The van der Waals surface area contributed by atoms with Crippen molar-refractivity contribution < 1.29 is 0 Å². The Kier molecular flexibility index (Phi) is 5.49. The van der Waals surface area contributed by atoms with E-state index in [0.717, 1.165) is 61.4 Å². The zero-order valence-corrected chi connectivity index (χ0v) is 17.4. The summed E-state index contributed by atoms with van der Waals surface area (Å²) in [6, 6.07) is 12.7. The Hall–Kier alpha value is -2.73. The first kappa shape index (κ1) is 19.2. The molecule has 6 heteroatoms. The van der Waals surface area contributed by atoms with Crippen LogP contribution in [0.5, 0.6) is 0 Å². The van der Waals surface area contributed by atoms with E-state index in [-0.39, 0.29) is 5.56 Å². The Morgan fingerprint density at radius 2 is 2.00 bits per heavy atom. The van der Waals surface area contributed by atoms with Crippen molar-refractivity contribution in [1.29, 1.82) is 0 Å². The van der Waals surface area contributed by atoms with Crippen molar-refractivity contribution in [2.24, 2.45) is 0 Å². The molecule has 2 aliphatic rings. The largest absolute Gasteiger partial charge is 0.368 e. The third-order valence-corrected chi connectivity index (χ3v) is 6.55. The third kappa shape index (κ3) is 3.97. The molecule has 1 aromatic carbocycles. The first-order chi connectivity index (χ1) is 14.8. The number of anilines is 1. The minimum absolute atomic E-state index is 0.0438. The van der Waals surface area contributed by atoms with Crippen molar-refractivity contribution >= 4 is 16.6 Å². The summed E-state index contributed by atoms with van der Waals surface area (Å²) in [5.41, 5.74) is 2.31. The number of aryl methyl sites for hydroxylation is 2. The third-order valence-electron chi connectivity index (χ3n) is 6.55. The van der Waals surface area contributed by atoms with Crippen molar-refractivity contribution in [3.63, 3.8) is 0 Å². The van der Waals surface area contributed by atoms with Crippen molar-refractivity contribution in [2.75, 3.05) is 25.0 Å². The zero-order valence-electron chi connectivity index (χ0n) is 17.4. The van der Waals surface area contributed by atoms with Gasteiger partial charge in [-0.3, -0.25) is 9.69 Å². The van der Waals surface area contributed by atoms with Crippen LogP contribution in [0.15, 0.2) is 47.4 Å². The van der Waals surface area contributed by atoms with Crippen LogP contribution in [0.25, 0.3) is 10.8 Å². The molecule has 2 aromatic heterocycles. The Morgan fingerprint density at radius 3 is 2.97 bits per heavy atom. The van der Waals surface area contributed by atoms with Crippen LogP contribution in [0, 0.1) is 0 Å². The van der Waals surface area contributed by atoms with Gasteiger partial charge in [0.1, 0.15) is 5.82 Å². The molecule has 0 spiro atoms. The Bertz CT molecular complexity index is 1090. The molecule has 30 heavy (non-hydrogen) atoms. The highest BCUT2D eigenvalue weighted by molar-refractivity contribution is 5.91. The average Bonchev–Trinajstić information content (AvgIpc) is 3.23. The summed E-state index contributed by atoms with van der Waals surface area (Å²) in [5, 5.41) is 10.6. The standard InChI is InChI=1S/C24H29N5O/c30-23-16-19-7-5-10-22(19)27-29(23)15-14-28-13-4-3-8-20(28)17-26-24-21-9-2-1-6-18(21)11-12-25-24/h1-2,6,9,11-12,16,20H,3-5,7-8,10,13-15,17H2,(H,25,26). The van der Waals surface area contributed by atoms with Gasteiger partial charge in [-0.1, -0.05) is 30.7 Å². The van der Waals surface area contributed by atoms with E-state index in [4.69, 9.17) is 0 Å². The predicted octanol–water partition coefficient (Wildman–Crippen LogP) is 3.25. The first-order valence-electron chi connectivity index (χ1n) is 11.2.